The lowest BCUT2D eigenvalue weighted by Gasteiger charge is -2.06. The van der Waals surface area contributed by atoms with Gasteiger partial charge in [-0.25, -0.2) is 4.98 Å². The summed E-state index contributed by atoms with van der Waals surface area (Å²) in [6.45, 7) is 0. The zero-order valence-electron chi connectivity index (χ0n) is 10.5. The predicted octanol–water partition coefficient (Wildman–Crippen LogP) is 3.77. The molecular weight excluding hydrogens is 309 g/mol. The van der Waals surface area contributed by atoms with Crippen LogP contribution in [0.4, 0.5) is 0 Å². The molecule has 0 bridgehead atoms. The van der Waals surface area contributed by atoms with Crippen molar-refractivity contribution in [1.29, 1.82) is 5.26 Å². The van der Waals surface area contributed by atoms with Gasteiger partial charge in [0.2, 0.25) is 0 Å². The third-order valence-electron chi connectivity index (χ3n) is 3.01. The minimum Gasteiger partial charge on any atom is -0.353 e. The van der Waals surface area contributed by atoms with E-state index in [1.165, 1.54) is 12.1 Å². The van der Waals surface area contributed by atoms with E-state index < -0.39 is 0 Å². The first-order valence-electron chi connectivity index (χ1n) is 5.98. The van der Waals surface area contributed by atoms with Crippen LogP contribution in [0.15, 0.2) is 41.2 Å². The number of aromatic nitrogens is 2. The highest BCUT2D eigenvalue weighted by Gasteiger charge is 2.10. The molecule has 3 rings (SSSR count). The second-order valence-corrected chi connectivity index (χ2v) is 5.22. The van der Waals surface area contributed by atoms with Gasteiger partial charge in [-0.3, -0.25) is 4.79 Å². The Kier molecular flexibility index (Phi) is 3.38. The third kappa shape index (κ3) is 2.49. The van der Waals surface area contributed by atoms with Crippen molar-refractivity contribution in [1.82, 2.24) is 9.97 Å². The van der Waals surface area contributed by atoms with Crippen LogP contribution in [0.1, 0.15) is 5.69 Å². The van der Waals surface area contributed by atoms with Crippen molar-refractivity contribution in [2.75, 3.05) is 0 Å². The number of halogens is 2. The molecule has 6 heteroatoms. The molecule has 1 N–H and O–H groups in total. The van der Waals surface area contributed by atoms with Crippen LogP contribution in [0.25, 0.3) is 22.3 Å². The van der Waals surface area contributed by atoms with Gasteiger partial charge in [0.25, 0.3) is 0 Å². The molecule has 0 saturated heterocycles. The summed E-state index contributed by atoms with van der Waals surface area (Å²) >= 11 is 12.0. The normalized spacial score (nSPS) is 10.5. The van der Waals surface area contributed by atoms with Gasteiger partial charge in [-0.2, -0.15) is 5.26 Å². The van der Waals surface area contributed by atoms with E-state index in [4.69, 9.17) is 28.5 Å². The Morgan fingerprint density at radius 2 is 1.95 bits per heavy atom. The van der Waals surface area contributed by atoms with Gasteiger partial charge in [-0.1, -0.05) is 23.2 Å². The molecule has 21 heavy (non-hydrogen) atoms. The number of aromatic amines is 1. The zero-order valence-corrected chi connectivity index (χ0v) is 12.0. The zero-order chi connectivity index (χ0) is 15.0. The maximum absolute atomic E-state index is 12.2. The summed E-state index contributed by atoms with van der Waals surface area (Å²) in [6.07, 6.45) is 0. The highest BCUT2D eigenvalue weighted by molar-refractivity contribution is 6.33. The molecule has 0 aliphatic rings. The van der Waals surface area contributed by atoms with Crippen LogP contribution in [-0.4, -0.2) is 9.97 Å². The van der Waals surface area contributed by atoms with E-state index in [-0.39, 0.29) is 11.1 Å². The molecule has 0 radical (unpaired) electrons. The van der Waals surface area contributed by atoms with Crippen molar-refractivity contribution in [2.45, 2.75) is 0 Å². The van der Waals surface area contributed by atoms with Crippen molar-refractivity contribution >= 4 is 34.1 Å². The lowest BCUT2D eigenvalue weighted by atomic mass is 10.1. The molecule has 0 aliphatic carbocycles. The molecule has 0 amide bonds. The first kappa shape index (κ1) is 13.6. The largest absolute Gasteiger partial charge is 0.353 e. The highest BCUT2D eigenvalue weighted by Crippen LogP contribution is 2.25. The minimum absolute atomic E-state index is 0.171. The summed E-state index contributed by atoms with van der Waals surface area (Å²) in [5.74, 6) is 0. The highest BCUT2D eigenvalue weighted by atomic mass is 35.5. The van der Waals surface area contributed by atoms with Gasteiger partial charge in [0.1, 0.15) is 17.5 Å². The molecule has 2 aromatic heterocycles. The second-order valence-electron chi connectivity index (χ2n) is 4.38. The van der Waals surface area contributed by atoms with Gasteiger partial charge in [-0.15, -0.1) is 0 Å². The summed E-state index contributed by atoms with van der Waals surface area (Å²) in [7, 11) is 0. The maximum atomic E-state index is 12.2. The van der Waals surface area contributed by atoms with Crippen LogP contribution in [0.2, 0.25) is 10.0 Å². The van der Waals surface area contributed by atoms with Gasteiger partial charge < -0.3 is 4.98 Å². The van der Waals surface area contributed by atoms with Gasteiger partial charge in [0, 0.05) is 16.5 Å². The van der Waals surface area contributed by atoms with Gasteiger partial charge in [0.15, 0.2) is 5.43 Å². The van der Waals surface area contributed by atoms with Crippen molar-refractivity contribution in [3.63, 3.8) is 0 Å². The Hall–Kier alpha value is -2.35. The Balaban J connectivity index is 2.31. The number of hydrogen-bond donors (Lipinski definition) is 1. The van der Waals surface area contributed by atoms with Crippen LogP contribution >= 0.6 is 23.2 Å². The Morgan fingerprint density at radius 3 is 2.71 bits per heavy atom. The molecule has 0 spiro atoms. The van der Waals surface area contributed by atoms with Crippen molar-refractivity contribution in [2.24, 2.45) is 0 Å². The van der Waals surface area contributed by atoms with Crippen molar-refractivity contribution < 1.29 is 0 Å². The maximum Gasteiger partial charge on any atom is 0.190 e. The van der Waals surface area contributed by atoms with Gasteiger partial charge >= 0.3 is 0 Å². The minimum atomic E-state index is -0.171. The van der Waals surface area contributed by atoms with E-state index in [1.54, 1.807) is 24.3 Å². The number of benzene rings is 1. The molecule has 102 valence electrons. The molecule has 0 saturated carbocycles. The van der Waals surface area contributed by atoms with Crippen LogP contribution in [0.5, 0.6) is 0 Å². The number of pyridine rings is 2. The molecule has 2 heterocycles. The average Bonchev–Trinajstić information content (AvgIpc) is 2.47. The fraction of sp³-hybridized carbons (Fsp3) is 0. The predicted molar refractivity (Wildman–Crippen MR) is 82.5 cm³/mol. The summed E-state index contributed by atoms with van der Waals surface area (Å²) in [4.78, 5) is 19.4. The fourth-order valence-corrected chi connectivity index (χ4v) is 2.42. The number of nitriles is 1. The SMILES string of the molecule is N#Cc1ccc(Cl)c(-c2cc(=O)c3ccc(Cl)cc3[nH]2)n1. The van der Waals surface area contributed by atoms with Crippen LogP contribution in [0, 0.1) is 11.3 Å². The van der Waals surface area contributed by atoms with Gasteiger partial charge in [0.05, 0.1) is 16.2 Å². The number of fused-ring (bicyclic) bond motifs is 1. The molecular formula is C15H7Cl2N3O. The second kappa shape index (κ2) is 5.21. The first-order valence-corrected chi connectivity index (χ1v) is 6.73. The molecule has 0 fully saturated rings. The van der Waals surface area contributed by atoms with Gasteiger partial charge in [-0.05, 0) is 30.3 Å². The molecule has 1 aromatic carbocycles. The standard InChI is InChI=1S/C15H7Cl2N3O/c16-8-1-3-10-12(5-8)20-13(6-14(10)21)15-11(17)4-2-9(7-18)19-15/h1-6H,(H,20,21). The third-order valence-corrected chi connectivity index (χ3v) is 3.55. The van der Waals surface area contributed by atoms with E-state index in [1.807, 2.05) is 6.07 Å². The summed E-state index contributed by atoms with van der Waals surface area (Å²) in [5.41, 5.74) is 1.44. The molecule has 4 nitrogen and oxygen atoms in total. The number of nitrogens with one attached hydrogen (secondary N) is 1. The monoisotopic (exact) mass is 315 g/mol. The number of hydrogen-bond acceptors (Lipinski definition) is 3. The lowest BCUT2D eigenvalue weighted by Crippen LogP contribution is -2.04. The number of nitrogens with zero attached hydrogens (tertiary/aromatic N) is 2. The Labute approximate surface area is 129 Å². The van der Waals surface area contributed by atoms with Crippen LogP contribution in [0.3, 0.4) is 0 Å². The van der Waals surface area contributed by atoms with Crippen molar-refractivity contribution in [3.05, 3.63) is 62.4 Å². The smallest absolute Gasteiger partial charge is 0.190 e. The average molecular weight is 316 g/mol. The van der Waals surface area contributed by atoms with E-state index in [0.29, 0.717) is 32.3 Å². The first-order chi connectivity index (χ1) is 10.1. The molecule has 3 aromatic rings. The van der Waals surface area contributed by atoms with Crippen LogP contribution in [-0.2, 0) is 0 Å². The van der Waals surface area contributed by atoms with E-state index >= 15 is 0 Å². The molecule has 0 unspecified atom stereocenters. The van der Waals surface area contributed by atoms with E-state index in [9.17, 15) is 4.79 Å². The number of rotatable bonds is 1. The Morgan fingerprint density at radius 1 is 1.14 bits per heavy atom. The van der Waals surface area contributed by atoms with Crippen molar-refractivity contribution in [3.8, 4) is 17.5 Å². The molecule has 0 aliphatic heterocycles. The van der Waals surface area contributed by atoms with E-state index in [0.717, 1.165) is 0 Å². The number of H-pyrrole nitrogens is 1. The Bertz CT molecular complexity index is 957. The fourth-order valence-electron chi connectivity index (χ4n) is 2.05. The quantitative estimate of drug-likeness (QED) is 0.743. The topological polar surface area (TPSA) is 69.5 Å². The summed E-state index contributed by atoms with van der Waals surface area (Å²) in [5, 5.41) is 10.3. The van der Waals surface area contributed by atoms with E-state index in [2.05, 4.69) is 9.97 Å². The molecule has 0 atom stereocenters. The van der Waals surface area contributed by atoms with Crippen LogP contribution < -0.4 is 5.43 Å². The lowest BCUT2D eigenvalue weighted by molar-refractivity contribution is 1.23. The summed E-state index contributed by atoms with van der Waals surface area (Å²) in [6, 6.07) is 11.4. The summed E-state index contributed by atoms with van der Waals surface area (Å²) < 4.78 is 0.